The lowest BCUT2D eigenvalue weighted by molar-refractivity contribution is 0.185. The molecule has 0 atom stereocenters. The molecular formula is C15H34N2. The van der Waals surface area contributed by atoms with Crippen LogP contribution in [0.5, 0.6) is 0 Å². The van der Waals surface area contributed by atoms with Gasteiger partial charge in [-0.15, -0.1) is 0 Å². The molecule has 0 spiro atoms. The molecule has 0 saturated carbocycles. The molecule has 0 amide bonds. The second-order valence-electron chi connectivity index (χ2n) is 7.69. The molecule has 0 aliphatic carbocycles. The summed E-state index contributed by atoms with van der Waals surface area (Å²) >= 11 is 0. The first-order valence-corrected chi connectivity index (χ1v) is 6.95. The topological polar surface area (TPSA) is 15.3 Å². The lowest BCUT2D eigenvalue weighted by Gasteiger charge is -2.34. The van der Waals surface area contributed by atoms with Crippen molar-refractivity contribution in [3.05, 3.63) is 0 Å². The Balaban J connectivity index is 3.98. The van der Waals surface area contributed by atoms with Crippen LogP contribution in [-0.4, -0.2) is 37.1 Å². The average molecular weight is 242 g/mol. The number of nitrogens with one attached hydrogen (secondary N) is 1. The second-order valence-corrected chi connectivity index (χ2v) is 7.69. The molecule has 2 nitrogen and oxygen atoms in total. The highest BCUT2D eigenvalue weighted by atomic mass is 15.1. The third-order valence-corrected chi connectivity index (χ3v) is 2.88. The molecule has 0 saturated heterocycles. The van der Waals surface area contributed by atoms with Gasteiger partial charge in [0.15, 0.2) is 0 Å². The Hall–Kier alpha value is -0.0800. The lowest BCUT2D eigenvalue weighted by Crippen LogP contribution is -2.45. The van der Waals surface area contributed by atoms with Gasteiger partial charge in [0.2, 0.25) is 0 Å². The highest BCUT2D eigenvalue weighted by Crippen LogP contribution is 2.17. The minimum atomic E-state index is 0.216. The molecule has 0 fully saturated rings. The van der Waals surface area contributed by atoms with Crippen molar-refractivity contribution in [2.45, 2.75) is 60.4 Å². The van der Waals surface area contributed by atoms with E-state index in [9.17, 15) is 0 Å². The molecule has 104 valence electrons. The van der Waals surface area contributed by atoms with Gasteiger partial charge in [-0.05, 0) is 52.1 Å². The first-order chi connectivity index (χ1) is 7.52. The Morgan fingerprint density at radius 3 is 2.00 bits per heavy atom. The second kappa shape index (κ2) is 6.75. The molecule has 1 N–H and O–H groups in total. The molecule has 0 rings (SSSR count). The van der Waals surface area contributed by atoms with Crippen molar-refractivity contribution in [3.63, 3.8) is 0 Å². The quantitative estimate of drug-likeness (QED) is 0.736. The monoisotopic (exact) mass is 242 g/mol. The summed E-state index contributed by atoms with van der Waals surface area (Å²) in [6, 6.07) is 0. The van der Waals surface area contributed by atoms with Gasteiger partial charge < -0.3 is 10.2 Å². The molecule has 0 aromatic carbocycles. The van der Waals surface area contributed by atoms with Crippen LogP contribution in [-0.2, 0) is 0 Å². The van der Waals surface area contributed by atoms with Crippen LogP contribution in [0, 0.1) is 11.3 Å². The Morgan fingerprint density at radius 1 is 1.06 bits per heavy atom. The van der Waals surface area contributed by atoms with Crippen molar-refractivity contribution in [2.75, 3.05) is 26.7 Å². The molecular weight excluding hydrogens is 208 g/mol. The predicted octanol–water partition coefficient (Wildman–Crippen LogP) is 3.38. The van der Waals surface area contributed by atoms with E-state index < -0.39 is 0 Å². The minimum absolute atomic E-state index is 0.216. The highest BCUT2D eigenvalue weighted by Gasteiger charge is 2.22. The Morgan fingerprint density at radius 2 is 1.59 bits per heavy atom. The van der Waals surface area contributed by atoms with Crippen molar-refractivity contribution in [3.8, 4) is 0 Å². The smallest absolute Gasteiger partial charge is 0.00967 e. The molecule has 0 aromatic heterocycles. The van der Waals surface area contributed by atoms with Gasteiger partial charge in [0.25, 0.3) is 0 Å². The zero-order valence-electron chi connectivity index (χ0n) is 13.4. The Labute approximate surface area is 109 Å². The standard InChI is InChI=1S/C15H34N2/c1-13(2)9-10-17(8)12-15(6,7)11-16-14(3,4)5/h13,16H,9-12H2,1-8H3. The molecule has 0 aromatic rings. The minimum Gasteiger partial charge on any atom is -0.311 e. The molecule has 2 heteroatoms. The van der Waals surface area contributed by atoms with Gasteiger partial charge >= 0.3 is 0 Å². The number of nitrogens with zero attached hydrogens (tertiary/aromatic N) is 1. The molecule has 0 aliphatic rings. The van der Waals surface area contributed by atoms with Crippen LogP contribution in [0.15, 0.2) is 0 Å². The van der Waals surface area contributed by atoms with Gasteiger partial charge in [0.05, 0.1) is 0 Å². The highest BCUT2D eigenvalue weighted by molar-refractivity contribution is 4.80. The molecule has 0 heterocycles. The molecule has 0 aliphatic heterocycles. The van der Waals surface area contributed by atoms with Crippen LogP contribution in [0.25, 0.3) is 0 Å². The van der Waals surface area contributed by atoms with E-state index in [1.165, 1.54) is 13.0 Å². The maximum Gasteiger partial charge on any atom is 0.00967 e. The maximum atomic E-state index is 3.61. The van der Waals surface area contributed by atoms with Gasteiger partial charge in [-0.3, -0.25) is 0 Å². The lowest BCUT2D eigenvalue weighted by atomic mass is 9.91. The van der Waals surface area contributed by atoms with Crippen LogP contribution in [0.1, 0.15) is 54.9 Å². The summed E-state index contributed by atoms with van der Waals surface area (Å²) in [5, 5.41) is 3.61. The Kier molecular flexibility index (Phi) is 6.71. The van der Waals surface area contributed by atoms with Gasteiger partial charge in [-0.2, -0.15) is 0 Å². The summed E-state index contributed by atoms with van der Waals surface area (Å²) in [5.74, 6) is 0.799. The number of hydrogen-bond donors (Lipinski definition) is 1. The van der Waals surface area contributed by atoms with Crippen LogP contribution in [0.2, 0.25) is 0 Å². The van der Waals surface area contributed by atoms with Crippen LogP contribution in [0.4, 0.5) is 0 Å². The van der Waals surface area contributed by atoms with E-state index in [1.807, 2.05) is 0 Å². The van der Waals surface area contributed by atoms with E-state index >= 15 is 0 Å². The summed E-state index contributed by atoms with van der Waals surface area (Å²) in [5.41, 5.74) is 0.548. The van der Waals surface area contributed by atoms with E-state index in [2.05, 4.69) is 65.7 Å². The fraction of sp³-hybridized carbons (Fsp3) is 1.00. The van der Waals surface area contributed by atoms with Gasteiger partial charge in [0, 0.05) is 18.6 Å². The molecule has 17 heavy (non-hydrogen) atoms. The van der Waals surface area contributed by atoms with E-state index in [4.69, 9.17) is 0 Å². The maximum absolute atomic E-state index is 3.61. The van der Waals surface area contributed by atoms with Crippen molar-refractivity contribution in [1.29, 1.82) is 0 Å². The summed E-state index contributed by atoms with van der Waals surface area (Å²) in [7, 11) is 2.24. The summed E-state index contributed by atoms with van der Waals surface area (Å²) in [6.07, 6.45) is 1.29. The van der Waals surface area contributed by atoms with E-state index in [0.717, 1.165) is 19.0 Å². The summed E-state index contributed by atoms with van der Waals surface area (Å²) in [6.45, 7) is 19.4. The average Bonchev–Trinajstić information content (AvgIpc) is 2.10. The first-order valence-electron chi connectivity index (χ1n) is 6.95. The van der Waals surface area contributed by atoms with Gasteiger partial charge in [-0.1, -0.05) is 27.7 Å². The third kappa shape index (κ3) is 10.8. The van der Waals surface area contributed by atoms with Crippen LogP contribution < -0.4 is 5.32 Å². The summed E-state index contributed by atoms with van der Waals surface area (Å²) in [4.78, 5) is 2.46. The van der Waals surface area contributed by atoms with Crippen molar-refractivity contribution < 1.29 is 0 Å². The molecule has 0 radical (unpaired) electrons. The zero-order valence-corrected chi connectivity index (χ0v) is 13.4. The molecule has 0 unspecified atom stereocenters. The van der Waals surface area contributed by atoms with Crippen LogP contribution >= 0.6 is 0 Å². The SMILES string of the molecule is CC(C)CCN(C)CC(C)(C)CNC(C)(C)C. The largest absolute Gasteiger partial charge is 0.311 e. The van der Waals surface area contributed by atoms with E-state index in [0.29, 0.717) is 5.41 Å². The fourth-order valence-electron chi connectivity index (χ4n) is 1.85. The van der Waals surface area contributed by atoms with Crippen LogP contribution in [0.3, 0.4) is 0 Å². The summed E-state index contributed by atoms with van der Waals surface area (Å²) < 4.78 is 0. The van der Waals surface area contributed by atoms with Gasteiger partial charge in [0.1, 0.15) is 0 Å². The van der Waals surface area contributed by atoms with Crippen molar-refractivity contribution >= 4 is 0 Å². The molecule has 0 bridgehead atoms. The Bertz CT molecular complexity index is 201. The number of hydrogen-bond acceptors (Lipinski definition) is 2. The predicted molar refractivity (Wildman–Crippen MR) is 78.5 cm³/mol. The first kappa shape index (κ1) is 16.9. The zero-order chi connectivity index (χ0) is 13.7. The van der Waals surface area contributed by atoms with E-state index in [1.54, 1.807) is 0 Å². The fourth-order valence-corrected chi connectivity index (χ4v) is 1.85. The van der Waals surface area contributed by atoms with Gasteiger partial charge in [-0.25, -0.2) is 0 Å². The number of rotatable bonds is 7. The van der Waals surface area contributed by atoms with E-state index in [-0.39, 0.29) is 5.54 Å². The normalized spacial score (nSPS) is 13.8. The third-order valence-electron chi connectivity index (χ3n) is 2.88. The van der Waals surface area contributed by atoms with Crippen molar-refractivity contribution in [1.82, 2.24) is 10.2 Å². The van der Waals surface area contributed by atoms with Crippen molar-refractivity contribution in [2.24, 2.45) is 11.3 Å².